The highest BCUT2D eigenvalue weighted by molar-refractivity contribution is 7.92. The van der Waals surface area contributed by atoms with Crippen molar-refractivity contribution >= 4 is 56.6 Å². The summed E-state index contributed by atoms with van der Waals surface area (Å²) >= 11 is 6.73. The van der Waals surface area contributed by atoms with Crippen molar-refractivity contribution in [1.82, 2.24) is 14.9 Å². The molecule has 1 atom stereocenters. The molecule has 18 heteroatoms. The van der Waals surface area contributed by atoms with Crippen LogP contribution in [0.1, 0.15) is 102 Å². The number of anilines is 2. The standard InChI is InChI=1S/C45H46ClFN6O9S/c1-45(2,28-7-10-32(11-8-28)62-26-30-13-16-49-44(50-30)51-63(3,58)59)29-21-27(25-48)41(36(46)22-29)61-20-19-60-33-14-17-52(18-15-33)39-24-35-34(23-37(39)47)42(56)53(43(35)57)38-12-9-31(54)5-4-6-40(38)55/h7-8,10-11,13,16,21-24,33,38H,4-6,9,12,14-15,17-20,26H2,1-3H3,(H,49,50,51). The molecule has 63 heavy (non-hydrogen) atoms. The smallest absolute Gasteiger partial charge is 0.262 e. The molecule has 3 aromatic carbocycles. The minimum Gasteiger partial charge on any atom is -0.488 e. The van der Waals surface area contributed by atoms with Crippen LogP contribution >= 0.6 is 11.6 Å². The Morgan fingerprint density at radius 3 is 2.33 bits per heavy atom. The third-order valence-electron chi connectivity index (χ3n) is 11.5. The number of Topliss-reactive ketones (excluding diaryl/α,β-unsaturated/α-hetero) is 2. The highest BCUT2D eigenvalue weighted by Gasteiger charge is 2.44. The fraction of sp³-hybridized carbons (Fsp3) is 0.400. The topological polar surface area (TPSA) is 198 Å². The molecule has 2 aliphatic heterocycles. The number of halogens is 2. The van der Waals surface area contributed by atoms with Gasteiger partial charge in [-0.15, -0.1) is 0 Å². The van der Waals surface area contributed by atoms with E-state index in [9.17, 15) is 32.9 Å². The maximum Gasteiger partial charge on any atom is 0.262 e. The number of sulfonamides is 1. The molecular formula is C45H46ClFN6O9S. The Morgan fingerprint density at radius 1 is 0.921 bits per heavy atom. The number of aromatic nitrogens is 2. The van der Waals surface area contributed by atoms with Crippen LogP contribution in [0.25, 0.3) is 0 Å². The lowest BCUT2D eigenvalue weighted by Crippen LogP contribution is -2.45. The lowest BCUT2D eigenvalue weighted by atomic mass is 9.77. The van der Waals surface area contributed by atoms with E-state index in [1.165, 1.54) is 12.3 Å². The number of imide groups is 1. The summed E-state index contributed by atoms with van der Waals surface area (Å²) < 4.78 is 58.7. The van der Waals surface area contributed by atoms with Crippen molar-refractivity contribution in [2.24, 2.45) is 0 Å². The number of hydrogen-bond acceptors (Lipinski definition) is 13. The maximum atomic E-state index is 15.5. The minimum atomic E-state index is -3.53. The number of rotatable bonds is 14. The van der Waals surface area contributed by atoms with Crippen LogP contribution in [-0.4, -0.2) is 91.4 Å². The predicted octanol–water partition coefficient (Wildman–Crippen LogP) is 6.55. The zero-order chi connectivity index (χ0) is 45.1. The van der Waals surface area contributed by atoms with E-state index in [2.05, 4.69) is 20.8 Å². The van der Waals surface area contributed by atoms with Crippen molar-refractivity contribution in [3.05, 3.63) is 105 Å². The Kier molecular flexibility index (Phi) is 13.4. The van der Waals surface area contributed by atoms with Crippen LogP contribution in [0.4, 0.5) is 16.0 Å². The SMILES string of the molecule is CC(C)(c1ccc(OCc2ccnc(NS(C)(=O)=O)n2)cc1)c1cc(Cl)c(OCCOC2CCN(c3cc4c(cc3F)C(=O)N(C3CCC(=O)CCCC3=O)C4=O)CC2)c(C#N)c1. The van der Waals surface area contributed by atoms with E-state index >= 15 is 4.39 Å². The van der Waals surface area contributed by atoms with Crippen LogP contribution in [0.15, 0.2) is 60.8 Å². The monoisotopic (exact) mass is 900 g/mol. The van der Waals surface area contributed by atoms with Gasteiger partial charge in [0.15, 0.2) is 11.5 Å². The van der Waals surface area contributed by atoms with Crippen molar-refractivity contribution in [3.8, 4) is 17.6 Å². The van der Waals surface area contributed by atoms with Gasteiger partial charge in [-0.2, -0.15) is 5.26 Å². The summed E-state index contributed by atoms with van der Waals surface area (Å²) in [4.78, 5) is 62.6. The second kappa shape index (κ2) is 18.8. The number of fused-ring (bicyclic) bond motifs is 1. The van der Waals surface area contributed by atoms with Crippen molar-refractivity contribution in [2.75, 3.05) is 42.2 Å². The summed E-state index contributed by atoms with van der Waals surface area (Å²) in [6.45, 7) is 5.26. The van der Waals surface area contributed by atoms with Crippen LogP contribution < -0.4 is 19.1 Å². The van der Waals surface area contributed by atoms with Gasteiger partial charge < -0.3 is 19.1 Å². The number of carbonyl (C=O) groups excluding carboxylic acids is 4. The fourth-order valence-electron chi connectivity index (χ4n) is 8.07. The van der Waals surface area contributed by atoms with Crippen LogP contribution in [0.3, 0.4) is 0 Å². The van der Waals surface area contributed by atoms with Gasteiger partial charge in [0, 0.05) is 44.0 Å². The van der Waals surface area contributed by atoms with Crippen molar-refractivity contribution in [3.63, 3.8) is 0 Å². The molecule has 2 fully saturated rings. The summed E-state index contributed by atoms with van der Waals surface area (Å²) in [5.74, 6) is -1.55. The molecule has 15 nitrogen and oxygen atoms in total. The van der Waals surface area contributed by atoms with Crippen molar-refractivity contribution < 1.29 is 46.2 Å². The first-order valence-corrected chi connectivity index (χ1v) is 22.8. The number of nitrogens with one attached hydrogen (secondary N) is 1. The fourth-order valence-corrected chi connectivity index (χ4v) is 8.77. The highest BCUT2D eigenvalue weighted by atomic mass is 35.5. The second-order valence-corrected chi connectivity index (χ2v) is 18.4. The molecular weight excluding hydrogens is 855 g/mol. The maximum absolute atomic E-state index is 15.5. The average molecular weight is 901 g/mol. The molecule has 4 aromatic rings. The number of amides is 2. The van der Waals surface area contributed by atoms with Gasteiger partial charge in [-0.05, 0) is 79.3 Å². The van der Waals surface area contributed by atoms with Gasteiger partial charge in [0.1, 0.15) is 36.6 Å². The first kappa shape index (κ1) is 45.1. The molecule has 1 aliphatic carbocycles. The first-order chi connectivity index (χ1) is 30.0. The molecule has 0 radical (unpaired) electrons. The number of nitrogens with zero attached hydrogens (tertiary/aromatic N) is 5. The van der Waals surface area contributed by atoms with Crippen LogP contribution in [0.2, 0.25) is 5.02 Å². The van der Waals surface area contributed by atoms with Crippen LogP contribution in [0.5, 0.6) is 11.5 Å². The zero-order valence-corrected chi connectivity index (χ0v) is 36.6. The molecule has 1 saturated carbocycles. The molecule has 1 N–H and O–H groups in total. The Bertz CT molecular complexity index is 2590. The number of nitriles is 1. The van der Waals surface area contributed by atoms with E-state index < -0.39 is 39.1 Å². The van der Waals surface area contributed by atoms with E-state index in [0.29, 0.717) is 50.2 Å². The van der Waals surface area contributed by atoms with Gasteiger partial charge in [-0.1, -0.05) is 37.6 Å². The lowest BCUT2D eigenvalue weighted by Gasteiger charge is -2.34. The number of carbonyl (C=O) groups is 4. The Labute approximate surface area is 369 Å². The number of ether oxygens (including phenoxy) is 3. The molecule has 0 bridgehead atoms. The zero-order valence-electron chi connectivity index (χ0n) is 35.0. The molecule has 3 aliphatic rings. The molecule has 3 heterocycles. The summed E-state index contributed by atoms with van der Waals surface area (Å²) in [6.07, 6.45) is 4.32. The lowest BCUT2D eigenvalue weighted by molar-refractivity contribution is -0.125. The van der Waals surface area contributed by atoms with Gasteiger partial charge in [0.05, 0.1) is 58.1 Å². The summed E-state index contributed by atoms with van der Waals surface area (Å²) in [7, 11) is -3.53. The molecule has 330 valence electrons. The van der Waals surface area contributed by atoms with E-state index in [1.807, 2.05) is 38.1 Å². The Balaban J connectivity index is 0.905. The number of benzene rings is 3. The number of hydrogen-bond donors (Lipinski definition) is 1. The number of ketones is 2. The predicted molar refractivity (Wildman–Crippen MR) is 230 cm³/mol. The molecule has 2 amide bonds. The van der Waals surface area contributed by atoms with Gasteiger partial charge in [0.25, 0.3) is 11.8 Å². The van der Waals surface area contributed by atoms with E-state index in [1.54, 1.807) is 23.1 Å². The van der Waals surface area contributed by atoms with Gasteiger partial charge >= 0.3 is 0 Å². The molecule has 1 unspecified atom stereocenters. The van der Waals surface area contributed by atoms with Crippen LogP contribution in [0, 0.1) is 17.1 Å². The number of piperidine rings is 1. The normalized spacial score (nSPS) is 17.6. The molecule has 0 spiro atoms. The van der Waals surface area contributed by atoms with Gasteiger partial charge in [-0.25, -0.2) is 22.8 Å². The van der Waals surface area contributed by atoms with Crippen molar-refractivity contribution in [1.29, 1.82) is 5.26 Å². The summed E-state index contributed by atoms with van der Waals surface area (Å²) in [5.41, 5.74) is 2.03. The quantitative estimate of drug-likeness (QED) is 0.106. The highest BCUT2D eigenvalue weighted by Crippen LogP contribution is 2.39. The second-order valence-electron chi connectivity index (χ2n) is 16.3. The Hall–Kier alpha value is -5.96. The van der Waals surface area contributed by atoms with E-state index in [4.69, 9.17) is 25.8 Å². The van der Waals surface area contributed by atoms with E-state index in [0.717, 1.165) is 28.3 Å². The minimum absolute atomic E-state index is 0.0163. The third kappa shape index (κ3) is 10.3. The van der Waals surface area contributed by atoms with Gasteiger partial charge in [-0.3, -0.25) is 28.8 Å². The average Bonchev–Trinajstić information content (AvgIpc) is 3.48. The van der Waals surface area contributed by atoms with Gasteiger partial charge in [0.2, 0.25) is 16.0 Å². The van der Waals surface area contributed by atoms with Crippen LogP contribution in [-0.2, 0) is 36.4 Å². The summed E-state index contributed by atoms with van der Waals surface area (Å²) in [5, 5.41) is 10.4. The largest absolute Gasteiger partial charge is 0.488 e. The van der Waals surface area contributed by atoms with E-state index in [-0.39, 0.29) is 95.9 Å². The third-order valence-corrected chi connectivity index (χ3v) is 12.4. The molecule has 1 aromatic heterocycles. The molecule has 1 saturated heterocycles. The summed E-state index contributed by atoms with van der Waals surface area (Å²) in [6, 6.07) is 16.2. The van der Waals surface area contributed by atoms with Crippen molar-refractivity contribution in [2.45, 2.75) is 83.0 Å². The molecule has 7 rings (SSSR count). The first-order valence-electron chi connectivity index (χ1n) is 20.5. The Morgan fingerprint density at radius 2 is 1.63 bits per heavy atom.